The van der Waals surface area contributed by atoms with Crippen LogP contribution in [0.5, 0.6) is 0 Å². The lowest BCUT2D eigenvalue weighted by molar-refractivity contribution is -0.144. The monoisotopic (exact) mass is 289 g/mol. The highest BCUT2D eigenvalue weighted by molar-refractivity contribution is 5.96. The summed E-state index contributed by atoms with van der Waals surface area (Å²) in [5.74, 6) is -0.580. The molecule has 2 aromatic rings. The molecule has 3 nitrogen and oxygen atoms in total. The molecule has 0 aliphatic carbocycles. The van der Waals surface area contributed by atoms with Crippen molar-refractivity contribution in [1.82, 2.24) is 0 Å². The molecule has 0 atom stereocenters. The van der Waals surface area contributed by atoms with Gasteiger partial charge in [0, 0.05) is 11.1 Å². The minimum atomic E-state index is -1.02. The second-order valence-corrected chi connectivity index (χ2v) is 5.53. The Bertz CT molecular complexity index is 747. The Kier molecular flexibility index (Phi) is 3.30. The van der Waals surface area contributed by atoms with Crippen LogP contribution in [0.1, 0.15) is 22.3 Å². The number of rotatable bonds is 2. The van der Waals surface area contributed by atoms with Gasteiger partial charge < -0.3 is 4.74 Å². The molecule has 0 spiro atoms. The van der Waals surface area contributed by atoms with Crippen molar-refractivity contribution in [3.05, 3.63) is 82.4 Å². The van der Waals surface area contributed by atoms with Gasteiger partial charge in [0.05, 0.1) is 0 Å². The van der Waals surface area contributed by atoms with E-state index in [1.165, 1.54) is 0 Å². The van der Waals surface area contributed by atoms with Crippen LogP contribution in [-0.4, -0.2) is 5.97 Å². The minimum Gasteiger partial charge on any atom is -0.441 e. The van der Waals surface area contributed by atoms with Gasteiger partial charge >= 0.3 is 5.97 Å². The molecule has 0 radical (unpaired) electrons. The molecule has 0 fully saturated rings. The van der Waals surface area contributed by atoms with Crippen molar-refractivity contribution in [1.29, 1.82) is 5.26 Å². The fraction of sp³-hybridized carbons (Fsp3) is 0.158. The first-order chi connectivity index (χ1) is 10.5. The van der Waals surface area contributed by atoms with E-state index >= 15 is 0 Å². The summed E-state index contributed by atoms with van der Waals surface area (Å²) in [4.78, 5) is 12.0. The third-order valence-electron chi connectivity index (χ3n) is 3.90. The molecular weight excluding hydrogens is 274 g/mol. The van der Waals surface area contributed by atoms with Crippen LogP contribution in [0.4, 0.5) is 0 Å². The highest BCUT2D eigenvalue weighted by atomic mass is 16.6. The number of hydrogen-bond donors (Lipinski definition) is 0. The Morgan fingerprint density at radius 3 is 1.73 bits per heavy atom. The van der Waals surface area contributed by atoms with Crippen LogP contribution < -0.4 is 0 Å². The first kappa shape index (κ1) is 14.1. The maximum Gasteiger partial charge on any atom is 0.350 e. The highest BCUT2D eigenvalue weighted by Crippen LogP contribution is 2.41. The van der Waals surface area contributed by atoms with Crippen LogP contribution >= 0.6 is 0 Å². The molecule has 1 aliphatic rings. The molecule has 0 saturated carbocycles. The van der Waals surface area contributed by atoms with Crippen LogP contribution in [0.25, 0.3) is 0 Å². The Morgan fingerprint density at radius 2 is 1.36 bits per heavy atom. The predicted molar refractivity (Wildman–Crippen MR) is 82.9 cm³/mol. The molecule has 0 aromatic heterocycles. The maximum absolute atomic E-state index is 12.0. The highest BCUT2D eigenvalue weighted by Gasteiger charge is 2.43. The molecule has 2 aromatic carbocycles. The summed E-state index contributed by atoms with van der Waals surface area (Å²) >= 11 is 0. The van der Waals surface area contributed by atoms with Gasteiger partial charge in [-0.15, -0.1) is 0 Å². The lowest BCUT2D eigenvalue weighted by atomic mass is 9.85. The van der Waals surface area contributed by atoms with Crippen LogP contribution in [0.3, 0.4) is 0 Å². The summed E-state index contributed by atoms with van der Waals surface area (Å²) in [7, 11) is 0. The van der Waals surface area contributed by atoms with E-state index in [-0.39, 0.29) is 5.57 Å². The molecule has 0 unspecified atom stereocenters. The van der Waals surface area contributed by atoms with E-state index in [0.717, 1.165) is 22.3 Å². The number of carbonyl (C=O) groups excluding carboxylic acids is 1. The quantitative estimate of drug-likeness (QED) is 0.794. The third-order valence-corrected chi connectivity index (χ3v) is 3.90. The Labute approximate surface area is 129 Å². The number of aryl methyl sites for hydroxylation is 2. The largest absolute Gasteiger partial charge is 0.441 e. The normalized spacial score (nSPS) is 15.9. The average Bonchev–Trinajstić information content (AvgIpc) is 2.86. The van der Waals surface area contributed by atoms with Gasteiger partial charge in [-0.3, -0.25) is 0 Å². The lowest BCUT2D eigenvalue weighted by Gasteiger charge is -2.27. The van der Waals surface area contributed by atoms with Crippen molar-refractivity contribution in [2.45, 2.75) is 19.4 Å². The van der Waals surface area contributed by atoms with E-state index in [4.69, 9.17) is 10.00 Å². The Morgan fingerprint density at radius 1 is 0.909 bits per heavy atom. The smallest absolute Gasteiger partial charge is 0.350 e. The average molecular weight is 289 g/mol. The zero-order chi connectivity index (χ0) is 15.7. The number of cyclic esters (lactones) is 1. The summed E-state index contributed by atoms with van der Waals surface area (Å²) in [5, 5.41) is 9.13. The summed E-state index contributed by atoms with van der Waals surface area (Å²) in [6, 6.07) is 17.5. The van der Waals surface area contributed by atoms with Gasteiger partial charge in [-0.25, -0.2) is 4.79 Å². The summed E-state index contributed by atoms with van der Waals surface area (Å²) in [6.07, 6.45) is 1.62. The zero-order valence-corrected chi connectivity index (χ0v) is 12.5. The fourth-order valence-electron chi connectivity index (χ4n) is 2.62. The van der Waals surface area contributed by atoms with E-state index in [9.17, 15) is 4.79 Å². The topological polar surface area (TPSA) is 50.1 Å². The van der Waals surface area contributed by atoms with E-state index in [2.05, 4.69) is 0 Å². The second kappa shape index (κ2) is 5.16. The maximum atomic E-state index is 12.0. The summed E-state index contributed by atoms with van der Waals surface area (Å²) < 4.78 is 5.65. The molecular formula is C19H15NO2. The van der Waals surface area contributed by atoms with E-state index in [1.54, 1.807) is 6.08 Å². The van der Waals surface area contributed by atoms with E-state index in [0.29, 0.717) is 0 Å². The molecule has 3 heteroatoms. The van der Waals surface area contributed by atoms with Crippen LogP contribution in [0, 0.1) is 25.2 Å². The molecule has 108 valence electrons. The minimum absolute atomic E-state index is 0.0427. The number of hydrogen-bond acceptors (Lipinski definition) is 3. The number of esters is 1. The standard InChI is InChI=1S/C19H15NO2/c1-13-3-7-16(8-4-13)19(11-15(12-20)18(21)22-19)17-9-5-14(2)6-10-17/h3-11H,1-2H3. The first-order valence-corrected chi connectivity index (χ1v) is 7.06. The van der Waals surface area contributed by atoms with Gasteiger partial charge in [0.25, 0.3) is 0 Å². The van der Waals surface area contributed by atoms with Crippen LogP contribution in [0.2, 0.25) is 0 Å². The van der Waals surface area contributed by atoms with Gasteiger partial charge in [-0.1, -0.05) is 59.7 Å². The number of nitrogens with zero attached hydrogens (tertiary/aromatic N) is 1. The number of benzene rings is 2. The molecule has 0 bridgehead atoms. The van der Waals surface area contributed by atoms with Gasteiger partial charge in [-0.05, 0) is 19.9 Å². The molecule has 3 rings (SSSR count). The predicted octanol–water partition coefficient (Wildman–Crippen LogP) is 3.55. The molecule has 0 saturated heterocycles. The number of carbonyl (C=O) groups is 1. The Balaban J connectivity index is 2.22. The van der Waals surface area contributed by atoms with Crippen LogP contribution in [0.15, 0.2) is 60.2 Å². The SMILES string of the molecule is Cc1ccc(C2(c3ccc(C)cc3)C=C(C#N)C(=O)O2)cc1. The van der Waals surface area contributed by atoms with E-state index in [1.807, 2.05) is 68.4 Å². The first-order valence-electron chi connectivity index (χ1n) is 7.06. The van der Waals surface area contributed by atoms with Crippen molar-refractivity contribution in [2.24, 2.45) is 0 Å². The van der Waals surface area contributed by atoms with Crippen molar-refractivity contribution in [2.75, 3.05) is 0 Å². The summed E-state index contributed by atoms with van der Waals surface area (Å²) in [6.45, 7) is 4.00. The molecule has 1 heterocycles. The van der Waals surface area contributed by atoms with Crippen molar-refractivity contribution < 1.29 is 9.53 Å². The van der Waals surface area contributed by atoms with E-state index < -0.39 is 11.6 Å². The van der Waals surface area contributed by atoms with Gasteiger partial charge in [0.2, 0.25) is 0 Å². The van der Waals surface area contributed by atoms with Crippen molar-refractivity contribution in [3.8, 4) is 6.07 Å². The zero-order valence-electron chi connectivity index (χ0n) is 12.5. The van der Waals surface area contributed by atoms with Gasteiger partial charge in [0.15, 0.2) is 5.60 Å². The van der Waals surface area contributed by atoms with Gasteiger partial charge in [0.1, 0.15) is 11.6 Å². The molecule has 0 N–H and O–H groups in total. The Hall–Kier alpha value is -2.86. The second-order valence-electron chi connectivity index (χ2n) is 5.53. The van der Waals surface area contributed by atoms with Gasteiger partial charge in [-0.2, -0.15) is 5.26 Å². The number of ether oxygens (including phenoxy) is 1. The lowest BCUT2D eigenvalue weighted by Crippen LogP contribution is -2.27. The molecule has 22 heavy (non-hydrogen) atoms. The molecule has 0 amide bonds. The van der Waals surface area contributed by atoms with Crippen LogP contribution in [-0.2, 0) is 15.1 Å². The van der Waals surface area contributed by atoms with Crippen molar-refractivity contribution in [3.63, 3.8) is 0 Å². The third kappa shape index (κ3) is 2.19. The fourth-order valence-corrected chi connectivity index (χ4v) is 2.62. The summed E-state index contributed by atoms with van der Waals surface area (Å²) in [5.41, 5.74) is 2.93. The number of nitriles is 1. The van der Waals surface area contributed by atoms with Crippen molar-refractivity contribution >= 4 is 5.97 Å². The molecule has 1 aliphatic heterocycles.